The number of hydrogen-bond donors (Lipinski definition) is 2. The maximum atomic E-state index is 11.7. The van der Waals surface area contributed by atoms with Crippen molar-refractivity contribution in [3.05, 3.63) is 57.6 Å². The summed E-state index contributed by atoms with van der Waals surface area (Å²) in [6, 6.07) is 7.99. The highest BCUT2D eigenvalue weighted by Gasteiger charge is 2.23. The Kier molecular flexibility index (Phi) is 10.3. The van der Waals surface area contributed by atoms with Gasteiger partial charge in [-0.2, -0.15) is 0 Å². The standard InChI is InChI=1S/C32H48N2O4/c1-21(2)33(17-23-13-27(31(5,6)7)15-25(19-35)29(23)37)11-12-34(22(3)4)18-24-14-28(32(8,9)10)16-26(20-36)30(24)38/h13-16,19-22,37-38H,11-12,17-18H2,1-10H3. The van der Waals surface area contributed by atoms with Gasteiger partial charge in [-0.1, -0.05) is 53.7 Å². The topological polar surface area (TPSA) is 81.1 Å². The number of phenolic OH excluding ortho intramolecular Hbond substituents is 2. The molecular weight excluding hydrogens is 476 g/mol. The number of nitrogens with zero attached hydrogens (tertiary/aromatic N) is 2. The van der Waals surface area contributed by atoms with Crippen molar-refractivity contribution >= 4 is 12.6 Å². The van der Waals surface area contributed by atoms with Gasteiger partial charge in [0.25, 0.3) is 0 Å². The summed E-state index contributed by atoms with van der Waals surface area (Å²) < 4.78 is 0. The molecule has 0 aliphatic carbocycles. The molecule has 6 heteroatoms. The maximum absolute atomic E-state index is 11.7. The fourth-order valence-corrected chi connectivity index (χ4v) is 4.46. The first kappa shape index (κ1) is 31.5. The zero-order chi connectivity index (χ0) is 29.0. The number of rotatable bonds is 11. The maximum Gasteiger partial charge on any atom is 0.153 e. The van der Waals surface area contributed by atoms with E-state index in [1.165, 1.54) is 0 Å². The first-order valence-corrected chi connectivity index (χ1v) is 13.6. The minimum atomic E-state index is -0.152. The average molecular weight is 525 g/mol. The van der Waals surface area contributed by atoms with E-state index < -0.39 is 0 Å². The van der Waals surface area contributed by atoms with Gasteiger partial charge in [0.1, 0.15) is 11.5 Å². The molecule has 0 fully saturated rings. The summed E-state index contributed by atoms with van der Waals surface area (Å²) in [5.74, 6) is 0.0920. The molecule has 0 spiro atoms. The molecule has 0 radical (unpaired) electrons. The zero-order valence-electron chi connectivity index (χ0n) is 25.1. The van der Waals surface area contributed by atoms with Crippen LogP contribution in [0.2, 0.25) is 0 Å². The third-order valence-corrected chi connectivity index (χ3v) is 7.30. The average Bonchev–Trinajstić information content (AvgIpc) is 2.80. The van der Waals surface area contributed by atoms with E-state index in [2.05, 4.69) is 79.0 Å². The van der Waals surface area contributed by atoms with Crippen molar-refractivity contribution in [2.24, 2.45) is 0 Å². The molecule has 2 aromatic carbocycles. The van der Waals surface area contributed by atoms with Crippen LogP contribution in [-0.4, -0.2) is 57.8 Å². The van der Waals surface area contributed by atoms with Crippen LogP contribution >= 0.6 is 0 Å². The predicted molar refractivity (Wildman–Crippen MR) is 155 cm³/mol. The quantitative estimate of drug-likeness (QED) is 0.329. The van der Waals surface area contributed by atoms with Gasteiger partial charge in [-0.05, 0) is 61.8 Å². The Morgan fingerprint density at radius 3 is 1.21 bits per heavy atom. The highest BCUT2D eigenvalue weighted by atomic mass is 16.3. The van der Waals surface area contributed by atoms with Crippen LogP contribution in [0, 0.1) is 0 Å². The number of aldehydes is 2. The van der Waals surface area contributed by atoms with Crippen molar-refractivity contribution in [2.45, 2.75) is 105 Å². The van der Waals surface area contributed by atoms with E-state index in [0.717, 1.165) is 47.9 Å². The predicted octanol–water partition coefficient (Wildman–Crippen LogP) is 6.44. The van der Waals surface area contributed by atoms with Gasteiger partial charge in [-0.3, -0.25) is 19.4 Å². The molecule has 2 aromatic rings. The Morgan fingerprint density at radius 1 is 0.658 bits per heavy atom. The van der Waals surface area contributed by atoms with E-state index in [0.29, 0.717) is 24.2 Å². The molecule has 0 amide bonds. The lowest BCUT2D eigenvalue weighted by molar-refractivity contribution is 0.111. The number of carbonyl (C=O) groups is 2. The molecule has 0 saturated carbocycles. The molecule has 38 heavy (non-hydrogen) atoms. The molecule has 210 valence electrons. The van der Waals surface area contributed by atoms with Crippen molar-refractivity contribution in [3.63, 3.8) is 0 Å². The van der Waals surface area contributed by atoms with Crippen molar-refractivity contribution in [1.29, 1.82) is 0 Å². The van der Waals surface area contributed by atoms with E-state index in [-0.39, 0.29) is 34.4 Å². The molecule has 0 aliphatic heterocycles. The number of hydrogen-bond acceptors (Lipinski definition) is 6. The summed E-state index contributed by atoms with van der Waals surface area (Å²) in [6.45, 7) is 23.6. The van der Waals surface area contributed by atoms with Crippen LogP contribution in [-0.2, 0) is 23.9 Å². The van der Waals surface area contributed by atoms with Gasteiger partial charge in [0.05, 0.1) is 11.1 Å². The van der Waals surface area contributed by atoms with Crippen molar-refractivity contribution in [2.75, 3.05) is 13.1 Å². The van der Waals surface area contributed by atoms with Gasteiger partial charge in [0.15, 0.2) is 12.6 Å². The normalized spacial score (nSPS) is 12.7. The molecule has 0 bridgehead atoms. The molecule has 2 N–H and O–H groups in total. The SMILES string of the molecule is CC(C)N(CCN(Cc1cc(C(C)(C)C)cc(C=O)c1O)C(C)C)Cc1cc(C(C)(C)C)cc(C=O)c1O. The fourth-order valence-electron chi connectivity index (χ4n) is 4.46. The lowest BCUT2D eigenvalue weighted by Crippen LogP contribution is -2.40. The monoisotopic (exact) mass is 524 g/mol. The summed E-state index contributed by atoms with van der Waals surface area (Å²) in [4.78, 5) is 27.9. The molecular formula is C32H48N2O4. The lowest BCUT2D eigenvalue weighted by Gasteiger charge is -2.33. The first-order chi connectivity index (χ1) is 17.5. The summed E-state index contributed by atoms with van der Waals surface area (Å²) in [5, 5.41) is 21.6. The number of carbonyl (C=O) groups excluding carboxylic acids is 2. The minimum absolute atomic E-state index is 0.0460. The van der Waals surface area contributed by atoms with Crippen LogP contribution in [0.3, 0.4) is 0 Å². The molecule has 0 aliphatic rings. The largest absolute Gasteiger partial charge is 0.507 e. The van der Waals surface area contributed by atoms with Crippen LogP contribution in [0.5, 0.6) is 11.5 Å². The van der Waals surface area contributed by atoms with E-state index in [9.17, 15) is 19.8 Å². The van der Waals surface area contributed by atoms with E-state index in [1.807, 2.05) is 12.1 Å². The Morgan fingerprint density at radius 2 is 0.974 bits per heavy atom. The molecule has 0 saturated heterocycles. The Balaban J connectivity index is 2.33. The fraction of sp³-hybridized carbons (Fsp3) is 0.562. The smallest absolute Gasteiger partial charge is 0.153 e. The van der Waals surface area contributed by atoms with Crippen molar-refractivity contribution in [3.8, 4) is 11.5 Å². The molecule has 0 aromatic heterocycles. The Bertz CT molecular complexity index is 1030. The van der Waals surface area contributed by atoms with Gasteiger partial charge in [0.2, 0.25) is 0 Å². The molecule has 0 unspecified atom stereocenters. The second-order valence-electron chi connectivity index (χ2n) is 13.0. The lowest BCUT2D eigenvalue weighted by atomic mass is 9.84. The zero-order valence-corrected chi connectivity index (χ0v) is 25.1. The third-order valence-electron chi connectivity index (χ3n) is 7.30. The van der Waals surface area contributed by atoms with Crippen LogP contribution in [0.15, 0.2) is 24.3 Å². The highest BCUT2D eigenvalue weighted by Crippen LogP contribution is 2.33. The molecule has 0 heterocycles. The van der Waals surface area contributed by atoms with Gasteiger partial charge in [0, 0.05) is 49.4 Å². The van der Waals surface area contributed by atoms with Crippen LogP contribution in [0.25, 0.3) is 0 Å². The van der Waals surface area contributed by atoms with Crippen molar-refractivity contribution in [1.82, 2.24) is 9.80 Å². The summed E-state index contributed by atoms with van der Waals surface area (Å²) in [6.07, 6.45) is 1.44. The third kappa shape index (κ3) is 7.90. The number of aromatic hydroxyl groups is 2. The summed E-state index contributed by atoms with van der Waals surface area (Å²) >= 11 is 0. The molecule has 0 atom stereocenters. The second kappa shape index (κ2) is 12.4. The molecule has 6 nitrogen and oxygen atoms in total. The Hall–Kier alpha value is -2.70. The summed E-state index contributed by atoms with van der Waals surface area (Å²) in [7, 11) is 0. The second-order valence-corrected chi connectivity index (χ2v) is 13.0. The van der Waals surface area contributed by atoms with Gasteiger partial charge < -0.3 is 10.2 Å². The first-order valence-electron chi connectivity index (χ1n) is 13.6. The number of benzene rings is 2. The van der Waals surface area contributed by atoms with Crippen LogP contribution < -0.4 is 0 Å². The van der Waals surface area contributed by atoms with Crippen LogP contribution in [0.1, 0.15) is 112 Å². The van der Waals surface area contributed by atoms with E-state index in [4.69, 9.17) is 0 Å². The van der Waals surface area contributed by atoms with Crippen molar-refractivity contribution < 1.29 is 19.8 Å². The molecule has 2 rings (SSSR count). The highest BCUT2D eigenvalue weighted by molar-refractivity contribution is 5.81. The minimum Gasteiger partial charge on any atom is -0.507 e. The Labute approximate surface area is 229 Å². The van der Waals surface area contributed by atoms with Gasteiger partial charge in [-0.25, -0.2) is 0 Å². The van der Waals surface area contributed by atoms with Gasteiger partial charge >= 0.3 is 0 Å². The van der Waals surface area contributed by atoms with Gasteiger partial charge in [-0.15, -0.1) is 0 Å². The van der Waals surface area contributed by atoms with E-state index in [1.54, 1.807) is 12.1 Å². The van der Waals surface area contributed by atoms with Crippen LogP contribution in [0.4, 0.5) is 0 Å². The van der Waals surface area contributed by atoms with E-state index >= 15 is 0 Å². The number of phenols is 2. The summed E-state index contributed by atoms with van der Waals surface area (Å²) in [5.41, 5.74) is 3.86.